The summed E-state index contributed by atoms with van der Waals surface area (Å²) in [6, 6.07) is 0.628. The third-order valence-corrected chi connectivity index (χ3v) is 4.95. The molecule has 0 aromatic rings. The van der Waals surface area contributed by atoms with Crippen LogP contribution in [-0.2, 0) is 4.79 Å². The van der Waals surface area contributed by atoms with Gasteiger partial charge in [0.25, 0.3) is 0 Å². The lowest BCUT2D eigenvalue weighted by atomic mass is 10.1. The molecule has 4 nitrogen and oxygen atoms in total. The molecule has 0 spiro atoms. The smallest absolute Gasteiger partial charge is 0.221 e. The van der Waals surface area contributed by atoms with Gasteiger partial charge in [-0.05, 0) is 32.9 Å². The molecular formula is C14H29Cl2N3OS. The van der Waals surface area contributed by atoms with Gasteiger partial charge in [0.1, 0.15) is 0 Å². The molecule has 2 N–H and O–H groups in total. The summed E-state index contributed by atoms with van der Waals surface area (Å²) in [5.74, 6) is 2.43. The van der Waals surface area contributed by atoms with Crippen molar-refractivity contribution in [2.75, 3.05) is 37.7 Å². The van der Waals surface area contributed by atoms with Gasteiger partial charge in [-0.3, -0.25) is 4.79 Å². The molecule has 7 heteroatoms. The summed E-state index contributed by atoms with van der Waals surface area (Å²) < 4.78 is 0. The summed E-state index contributed by atoms with van der Waals surface area (Å²) in [6.45, 7) is 6.54. The second kappa shape index (κ2) is 11.8. The molecule has 0 aromatic heterocycles. The summed E-state index contributed by atoms with van der Waals surface area (Å²) >= 11 is 1.94. The summed E-state index contributed by atoms with van der Waals surface area (Å²) in [6.07, 6.45) is 4.60. The van der Waals surface area contributed by atoms with Crippen LogP contribution in [-0.4, -0.2) is 60.6 Å². The number of hydrogen-bond acceptors (Lipinski definition) is 4. The quantitative estimate of drug-likeness (QED) is 0.788. The van der Waals surface area contributed by atoms with Crippen LogP contribution >= 0.6 is 36.6 Å². The Kier molecular flexibility index (Phi) is 12.0. The first-order chi connectivity index (χ1) is 9.24. The summed E-state index contributed by atoms with van der Waals surface area (Å²) in [5.41, 5.74) is 0. The van der Waals surface area contributed by atoms with E-state index in [2.05, 4.69) is 22.5 Å². The zero-order valence-corrected chi connectivity index (χ0v) is 15.3. The van der Waals surface area contributed by atoms with Gasteiger partial charge in [0.15, 0.2) is 0 Å². The highest BCUT2D eigenvalue weighted by molar-refractivity contribution is 7.99. The predicted octanol–water partition coefficient (Wildman–Crippen LogP) is 1.92. The Morgan fingerprint density at radius 3 is 2.67 bits per heavy atom. The maximum Gasteiger partial charge on any atom is 0.221 e. The minimum Gasteiger partial charge on any atom is -0.352 e. The first kappa shape index (κ1) is 21.3. The molecule has 2 heterocycles. The van der Waals surface area contributed by atoms with Crippen LogP contribution in [0.4, 0.5) is 0 Å². The van der Waals surface area contributed by atoms with E-state index >= 15 is 0 Å². The lowest BCUT2D eigenvalue weighted by Crippen LogP contribution is -2.46. The van der Waals surface area contributed by atoms with Crippen LogP contribution in [0.1, 0.15) is 32.6 Å². The number of halogens is 2. The molecule has 2 unspecified atom stereocenters. The van der Waals surface area contributed by atoms with Gasteiger partial charge in [-0.25, -0.2) is 0 Å². The van der Waals surface area contributed by atoms with E-state index in [-0.39, 0.29) is 36.8 Å². The Bertz CT molecular complexity index is 285. The SMILES string of the molecule is CC(CN1CCCCC1)NC(=O)CC1CSCCN1.Cl.Cl. The average Bonchev–Trinajstić information content (AvgIpc) is 2.40. The molecule has 2 atom stereocenters. The van der Waals surface area contributed by atoms with Crippen molar-refractivity contribution < 1.29 is 4.79 Å². The molecule has 0 bridgehead atoms. The Balaban J connectivity index is 0.00000200. The number of hydrogen-bond donors (Lipinski definition) is 2. The predicted molar refractivity (Wildman–Crippen MR) is 96.1 cm³/mol. The van der Waals surface area contributed by atoms with Crippen molar-refractivity contribution in [1.82, 2.24) is 15.5 Å². The number of nitrogens with one attached hydrogen (secondary N) is 2. The van der Waals surface area contributed by atoms with Crippen molar-refractivity contribution >= 4 is 42.5 Å². The number of amides is 1. The third-order valence-electron chi connectivity index (χ3n) is 3.82. The Morgan fingerprint density at radius 1 is 1.33 bits per heavy atom. The molecule has 2 rings (SSSR count). The van der Waals surface area contributed by atoms with E-state index in [0.29, 0.717) is 12.5 Å². The largest absolute Gasteiger partial charge is 0.352 e. The maximum absolute atomic E-state index is 12.0. The second-order valence-corrected chi connectivity index (χ2v) is 6.91. The van der Waals surface area contributed by atoms with Crippen LogP contribution in [0.25, 0.3) is 0 Å². The Morgan fingerprint density at radius 2 is 2.05 bits per heavy atom. The Labute approximate surface area is 145 Å². The van der Waals surface area contributed by atoms with E-state index in [9.17, 15) is 4.79 Å². The topological polar surface area (TPSA) is 44.4 Å². The number of carbonyl (C=O) groups excluding carboxylic acids is 1. The van der Waals surface area contributed by atoms with Crippen molar-refractivity contribution in [2.24, 2.45) is 0 Å². The van der Waals surface area contributed by atoms with Crippen LogP contribution in [0.15, 0.2) is 0 Å². The normalized spacial score (nSPS) is 24.3. The molecule has 0 aliphatic carbocycles. The maximum atomic E-state index is 12.0. The van der Waals surface area contributed by atoms with E-state index in [4.69, 9.17) is 0 Å². The number of carbonyl (C=O) groups is 1. The van der Waals surface area contributed by atoms with Crippen molar-refractivity contribution in [3.05, 3.63) is 0 Å². The highest BCUT2D eigenvalue weighted by atomic mass is 35.5. The number of thioether (sulfide) groups is 1. The first-order valence-corrected chi connectivity index (χ1v) is 8.72. The van der Waals surface area contributed by atoms with Gasteiger partial charge in [-0.1, -0.05) is 6.42 Å². The summed E-state index contributed by atoms with van der Waals surface area (Å²) in [7, 11) is 0. The third kappa shape index (κ3) is 8.50. The zero-order valence-electron chi connectivity index (χ0n) is 12.8. The lowest BCUT2D eigenvalue weighted by Gasteiger charge is -2.30. The molecule has 0 radical (unpaired) electrons. The van der Waals surface area contributed by atoms with E-state index in [0.717, 1.165) is 18.8 Å². The fourth-order valence-electron chi connectivity index (χ4n) is 2.88. The zero-order chi connectivity index (χ0) is 13.5. The average molecular weight is 358 g/mol. The molecule has 126 valence electrons. The number of likely N-dealkylation sites (tertiary alicyclic amines) is 1. The second-order valence-electron chi connectivity index (χ2n) is 5.76. The Hall–Kier alpha value is 0.320. The summed E-state index contributed by atoms with van der Waals surface area (Å²) in [5, 5.41) is 6.56. The molecular weight excluding hydrogens is 329 g/mol. The fraction of sp³-hybridized carbons (Fsp3) is 0.929. The molecule has 21 heavy (non-hydrogen) atoms. The fourth-order valence-corrected chi connectivity index (χ4v) is 3.83. The number of nitrogens with zero attached hydrogens (tertiary/aromatic N) is 1. The van der Waals surface area contributed by atoms with Gasteiger partial charge in [-0.15, -0.1) is 24.8 Å². The molecule has 2 aliphatic heterocycles. The van der Waals surface area contributed by atoms with Gasteiger partial charge in [-0.2, -0.15) is 11.8 Å². The van der Waals surface area contributed by atoms with Gasteiger partial charge in [0.2, 0.25) is 5.91 Å². The molecule has 2 aliphatic rings. The van der Waals surface area contributed by atoms with E-state index in [1.54, 1.807) is 0 Å². The van der Waals surface area contributed by atoms with Crippen molar-refractivity contribution in [1.29, 1.82) is 0 Å². The molecule has 2 fully saturated rings. The number of piperidine rings is 1. The van der Waals surface area contributed by atoms with Crippen molar-refractivity contribution in [3.8, 4) is 0 Å². The van der Waals surface area contributed by atoms with Crippen LogP contribution in [0.5, 0.6) is 0 Å². The summed E-state index contributed by atoms with van der Waals surface area (Å²) in [4.78, 5) is 14.5. The molecule has 1 amide bonds. The molecule has 0 aromatic carbocycles. The van der Waals surface area contributed by atoms with Gasteiger partial charge < -0.3 is 15.5 Å². The standard InChI is InChI=1S/C14H27N3OS.2ClH/c1-12(10-17-6-3-2-4-7-17)16-14(18)9-13-11-19-8-5-15-13;;/h12-13,15H,2-11H2,1H3,(H,16,18);2*1H. The highest BCUT2D eigenvalue weighted by Crippen LogP contribution is 2.11. The minimum absolute atomic E-state index is 0. The van der Waals surface area contributed by atoms with Crippen molar-refractivity contribution in [2.45, 2.75) is 44.7 Å². The minimum atomic E-state index is 0. The molecule has 0 saturated carbocycles. The van der Waals surface area contributed by atoms with Crippen molar-refractivity contribution in [3.63, 3.8) is 0 Å². The van der Waals surface area contributed by atoms with Gasteiger partial charge >= 0.3 is 0 Å². The lowest BCUT2D eigenvalue weighted by molar-refractivity contribution is -0.122. The van der Waals surface area contributed by atoms with Gasteiger partial charge in [0, 0.05) is 43.1 Å². The number of rotatable bonds is 5. The van der Waals surface area contributed by atoms with Crippen LogP contribution in [0.2, 0.25) is 0 Å². The molecule has 2 saturated heterocycles. The van der Waals surface area contributed by atoms with Crippen LogP contribution in [0, 0.1) is 0 Å². The van der Waals surface area contributed by atoms with E-state index in [1.807, 2.05) is 11.8 Å². The van der Waals surface area contributed by atoms with Crippen LogP contribution < -0.4 is 10.6 Å². The van der Waals surface area contributed by atoms with Gasteiger partial charge in [0.05, 0.1) is 0 Å². The van der Waals surface area contributed by atoms with E-state index < -0.39 is 0 Å². The van der Waals surface area contributed by atoms with Crippen LogP contribution in [0.3, 0.4) is 0 Å². The van der Waals surface area contributed by atoms with E-state index in [1.165, 1.54) is 38.1 Å². The highest BCUT2D eigenvalue weighted by Gasteiger charge is 2.19. The monoisotopic (exact) mass is 357 g/mol. The first-order valence-electron chi connectivity index (χ1n) is 7.57.